The number of aromatic nitrogens is 1. The van der Waals surface area contributed by atoms with Crippen LogP contribution in [0, 0.1) is 0 Å². The van der Waals surface area contributed by atoms with Gasteiger partial charge in [0.25, 0.3) is 5.91 Å². The molecule has 1 aliphatic heterocycles. The Labute approximate surface area is 198 Å². The number of anilines is 2. The lowest BCUT2D eigenvalue weighted by atomic mass is 10.2. The highest BCUT2D eigenvalue weighted by Gasteiger charge is 2.38. The predicted molar refractivity (Wildman–Crippen MR) is 134 cm³/mol. The van der Waals surface area contributed by atoms with Gasteiger partial charge in [0.2, 0.25) is 0 Å². The van der Waals surface area contributed by atoms with Crippen molar-refractivity contribution in [1.82, 2.24) is 9.47 Å². The molecule has 4 aromatic rings. The number of nitrogens with zero attached hydrogens (tertiary/aromatic N) is 4. The van der Waals surface area contributed by atoms with Gasteiger partial charge in [0, 0.05) is 35.9 Å². The van der Waals surface area contributed by atoms with Crippen molar-refractivity contribution in [2.24, 2.45) is 0 Å². The van der Waals surface area contributed by atoms with E-state index in [1.165, 1.54) is 9.80 Å². The van der Waals surface area contributed by atoms with Gasteiger partial charge in [0.05, 0.1) is 5.69 Å². The highest BCUT2D eigenvalue weighted by molar-refractivity contribution is 6.27. The molecule has 3 aromatic carbocycles. The van der Waals surface area contributed by atoms with E-state index in [4.69, 9.17) is 4.74 Å². The molecule has 0 unspecified atom stereocenters. The minimum atomic E-state index is -0.354. The van der Waals surface area contributed by atoms with Crippen molar-refractivity contribution in [2.45, 2.75) is 6.54 Å². The SMILES string of the molecule is CN(C)CCn1ccc2cc(N3CC(=O)N(c4ccc(Oc5ccccc5)cc4)C3=O)ccc21. The van der Waals surface area contributed by atoms with Gasteiger partial charge in [-0.05, 0) is 74.8 Å². The van der Waals surface area contributed by atoms with Crippen LogP contribution in [0.3, 0.4) is 0 Å². The zero-order valence-corrected chi connectivity index (χ0v) is 19.2. The van der Waals surface area contributed by atoms with Gasteiger partial charge in [0.15, 0.2) is 0 Å². The molecule has 0 bridgehead atoms. The number of carbonyl (C=O) groups is 2. The second-order valence-electron chi connectivity index (χ2n) is 8.56. The van der Waals surface area contributed by atoms with Crippen LogP contribution < -0.4 is 14.5 Å². The summed E-state index contributed by atoms with van der Waals surface area (Å²) in [5.41, 5.74) is 2.34. The number of carbonyl (C=O) groups excluding carboxylic acids is 2. The molecular weight excluding hydrogens is 428 g/mol. The first-order chi connectivity index (χ1) is 16.5. The number of rotatable bonds is 7. The Morgan fingerprint density at radius 2 is 1.56 bits per heavy atom. The molecule has 0 radical (unpaired) electrons. The van der Waals surface area contributed by atoms with Crippen molar-refractivity contribution in [1.29, 1.82) is 0 Å². The summed E-state index contributed by atoms with van der Waals surface area (Å²) in [5.74, 6) is 1.10. The molecule has 1 fully saturated rings. The number of para-hydroxylation sites is 1. The number of urea groups is 1. The summed E-state index contributed by atoms with van der Waals surface area (Å²) in [6, 6.07) is 24.0. The highest BCUT2D eigenvalue weighted by Crippen LogP contribution is 2.30. The van der Waals surface area contributed by atoms with Crippen LogP contribution in [-0.4, -0.2) is 48.6 Å². The predicted octanol–water partition coefficient (Wildman–Crippen LogP) is 4.97. The smallest absolute Gasteiger partial charge is 0.336 e. The van der Waals surface area contributed by atoms with Crippen molar-refractivity contribution in [3.05, 3.63) is 85.1 Å². The molecule has 3 amide bonds. The lowest BCUT2D eigenvalue weighted by Gasteiger charge is -2.18. The van der Waals surface area contributed by atoms with E-state index in [0.717, 1.165) is 29.7 Å². The van der Waals surface area contributed by atoms with Crippen LogP contribution in [0.4, 0.5) is 16.2 Å². The fraction of sp³-hybridized carbons (Fsp3) is 0.185. The lowest BCUT2D eigenvalue weighted by molar-refractivity contribution is -0.115. The summed E-state index contributed by atoms with van der Waals surface area (Å²) in [5, 5.41) is 1.04. The summed E-state index contributed by atoms with van der Waals surface area (Å²) < 4.78 is 8.01. The normalized spacial score (nSPS) is 14.0. The average Bonchev–Trinajstić information content (AvgIpc) is 3.38. The Balaban J connectivity index is 1.33. The number of hydrogen-bond donors (Lipinski definition) is 0. The van der Waals surface area contributed by atoms with Crippen LogP contribution in [-0.2, 0) is 11.3 Å². The van der Waals surface area contributed by atoms with Crippen LogP contribution in [0.2, 0.25) is 0 Å². The number of hydrogen-bond acceptors (Lipinski definition) is 4. The fourth-order valence-corrected chi connectivity index (χ4v) is 4.10. The Morgan fingerprint density at radius 1 is 0.853 bits per heavy atom. The molecule has 1 aromatic heterocycles. The van der Waals surface area contributed by atoms with Crippen molar-refractivity contribution in [3.63, 3.8) is 0 Å². The standard InChI is InChI=1S/C27H26N4O3/c1-28(2)16-17-29-15-14-20-18-22(10-13-25(20)29)30-19-26(32)31(27(30)33)21-8-11-24(12-9-21)34-23-6-4-3-5-7-23/h3-15,18H,16-17,19H2,1-2H3. The molecule has 2 heterocycles. The fourth-order valence-electron chi connectivity index (χ4n) is 4.10. The minimum Gasteiger partial charge on any atom is -0.457 e. The van der Waals surface area contributed by atoms with Gasteiger partial charge in [0.1, 0.15) is 18.0 Å². The first kappa shape index (κ1) is 21.7. The molecule has 0 spiro atoms. The van der Waals surface area contributed by atoms with E-state index in [0.29, 0.717) is 17.1 Å². The summed E-state index contributed by atoms with van der Waals surface area (Å²) in [7, 11) is 4.10. The van der Waals surface area contributed by atoms with E-state index in [1.54, 1.807) is 24.3 Å². The van der Waals surface area contributed by atoms with Gasteiger partial charge in [-0.15, -0.1) is 0 Å². The van der Waals surface area contributed by atoms with Crippen molar-refractivity contribution < 1.29 is 14.3 Å². The number of fused-ring (bicyclic) bond motifs is 1. The van der Waals surface area contributed by atoms with Crippen LogP contribution in [0.5, 0.6) is 11.5 Å². The highest BCUT2D eigenvalue weighted by atomic mass is 16.5. The molecule has 0 aliphatic carbocycles. The van der Waals surface area contributed by atoms with Crippen LogP contribution in [0.1, 0.15) is 0 Å². The summed E-state index contributed by atoms with van der Waals surface area (Å²) >= 11 is 0. The largest absolute Gasteiger partial charge is 0.457 e. The Bertz CT molecular complexity index is 1330. The topological polar surface area (TPSA) is 58.0 Å². The van der Waals surface area contributed by atoms with E-state index in [1.807, 2.05) is 54.6 Å². The maximum Gasteiger partial charge on any atom is 0.336 e. The number of amides is 3. The number of benzene rings is 3. The third-order valence-electron chi connectivity index (χ3n) is 5.89. The first-order valence-corrected chi connectivity index (χ1v) is 11.2. The quantitative estimate of drug-likeness (QED) is 0.370. The van der Waals surface area contributed by atoms with Gasteiger partial charge >= 0.3 is 6.03 Å². The van der Waals surface area contributed by atoms with Gasteiger partial charge in [-0.25, -0.2) is 9.69 Å². The third kappa shape index (κ3) is 4.25. The number of likely N-dealkylation sites (N-methyl/N-ethyl adjacent to an activating group) is 1. The first-order valence-electron chi connectivity index (χ1n) is 11.2. The van der Waals surface area contributed by atoms with Crippen LogP contribution in [0.15, 0.2) is 85.1 Å². The van der Waals surface area contributed by atoms with Gasteiger partial charge < -0.3 is 14.2 Å². The Hall–Kier alpha value is -4.10. The zero-order valence-electron chi connectivity index (χ0n) is 19.2. The summed E-state index contributed by atoms with van der Waals surface area (Å²) in [6.07, 6.45) is 2.06. The molecule has 5 rings (SSSR count). The monoisotopic (exact) mass is 454 g/mol. The number of imide groups is 1. The molecular formula is C27H26N4O3. The van der Waals surface area contributed by atoms with E-state index >= 15 is 0 Å². The maximum atomic E-state index is 13.2. The molecule has 1 saturated heterocycles. The van der Waals surface area contributed by atoms with Crippen molar-refractivity contribution in [3.8, 4) is 11.5 Å². The van der Waals surface area contributed by atoms with Crippen molar-refractivity contribution in [2.75, 3.05) is 37.0 Å². The maximum absolute atomic E-state index is 13.2. The van der Waals surface area contributed by atoms with E-state index in [9.17, 15) is 9.59 Å². The van der Waals surface area contributed by atoms with Crippen LogP contribution >= 0.6 is 0 Å². The van der Waals surface area contributed by atoms with Crippen LogP contribution in [0.25, 0.3) is 10.9 Å². The second-order valence-corrected chi connectivity index (χ2v) is 8.56. The minimum absolute atomic E-state index is 0.00788. The Kier molecular flexibility index (Phi) is 5.77. The molecule has 34 heavy (non-hydrogen) atoms. The van der Waals surface area contributed by atoms with Gasteiger partial charge in [-0.1, -0.05) is 18.2 Å². The Morgan fingerprint density at radius 3 is 2.29 bits per heavy atom. The molecule has 172 valence electrons. The van der Waals surface area contributed by atoms with E-state index in [2.05, 4.69) is 29.8 Å². The van der Waals surface area contributed by atoms with E-state index in [-0.39, 0.29) is 18.5 Å². The molecule has 7 nitrogen and oxygen atoms in total. The number of ether oxygens (including phenoxy) is 1. The molecule has 0 atom stereocenters. The lowest BCUT2D eigenvalue weighted by Crippen LogP contribution is -2.32. The summed E-state index contributed by atoms with van der Waals surface area (Å²) in [6.45, 7) is 1.83. The molecule has 1 aliphatic rings. The van der Waals surface area contributed by atoms with Gasteiger partial charge in [-0.2, -0.15) is 0 Å². The van der Waals surface area contributed by atoms with E-state index < -0.39 is 0 Å². The summed E-state index contributed by atoms with van der Waals surface area (Å²) in [4.78, 5) is 30.9. The molecule has 7 heteroatoms. The van der Waals surface area contributed by atoms with Crippen molar-refractivity contribution >= 4 is 34.2 Å². The molecule has 0 N–H and O–H groups in total. The second kappa shape index (κ2) is 9.03. The average molecular weight is 455 g/mol. The third-order valence-corrected chi connectivity index (χ3v) is 5.89. The van der Waals surface area contributed by atoms with Gasteiger partial charge in [-0.3, -0.25) is 9.69 Å². The molecule has 0 saturated carbocycles. The zero-order chi connectivity index (χ0) is 23.7.